The fraction of sp³-hybridized carbons (Fsp3) is 0.412. The Labute approximate surface area is 142 Å². The molecule has 0 spiro atoms. The van der Waals surface area contributed by atoms with Gasteiger partial charge in [-0.1, -0.05) is 19.4 Å². The van der Waals surface area contributed by atoms with Gasteiger partial charge in [0.25, 0.3) is 0 Å². The van der Waals surface area contributed by atoms with Crippen LogP contribution >= 0.6 is 0 Å². The van der Waals surface area contributed by atoms with E-state index in [9.17, 15) is 9.59 Å². The minimum Gasteiger partial charge on any atom is -0.334 e. The molecule has 0 aliphatic carbocycles. The average molecular weight is 331 g/mol. The smallest absolute Gasteiger partial charge is 0.319 e. The van der Waals surface area contributed by atoms with Crippen LogP contribution in [0.3, 0.4) is 0 Å². The number of carbonyl (C=O) groups excluding carboxylic acids is 2. The molecular weight excluding hydrogens is 306 g/mol. The van der Waals surface area contributed by atoms with E-state index in [4.69, 9.17) is 0 Å². The van der Waals surface area contributed by atoms with Crippen molar-refractivity contribution in [2.45, 2.75) is 38.3 Å². The fourth-order valence-corrected chi connectivity index (χ4v) is 2.54. The number of nitrogens with one attached hydrogen (secondary N) is 5. The molecular formula is C17H25N5O2. The number of carbonyl (C=O) groups is 2. The van der Waals surface area contributed by atoms with Gasteiger partial charge in [-0.25, -0.2) is 10.2 Å². The molecule has 7 nitrogen and oxygen atoms in total. The van der Waals surface area contributed by atoms with Crippen molar-refractivity contribution in [3.63, 3.8) is 0 Å². The third kappa shape index (κ3) is 5.36. The van der Waals surface area contributed by atoms with Gasteiger partial charge < -0.3 is 16.0 Å². The van der Waals surface area contributed by atoms with Crippen LogP contribution in [0.5, 0.6) is 0 Å². The first kappa shape index (κ1) is 18.0. The minimum absolute atomic E-state index is 0.0643. The van der Waals surface area contributed by atoms with E-state index in [0.717, 1.165) is 19.3 Å². The van der Waals surface area contributed by atoms with Gasteiger partial charge in [-0.15, -0.1) is 6.58 Å². The number of rotatable bonds is 7. The van der Waals surface area contributed by atoms with Gasteiger partial charge in [-0.3, -0.25) is 10.2 Å². The van der Waals surface area contributed by atoms with Crippen molar-refractivity contribution in [2.24, 2.45) is 0 Å². The number of urea groups is 1. The minimum atomic E-state index is -0.296. The van der Waals surface area contributed by atoms with Gasteiger partial charge in [0.2, 0.25) is 5.91 Å². The van der Waals surface area contributed by atoms with Crippen LogP contribution in [0.2, 0.25) is 0 Å². The molecule has 1 saturated heterocycles. The summed E-state index contributed by atoms with van der Waals surface area (Å²) in [6.45, 7) is 6.07. The van der Waals surface area contributed by atoms with Gasteiger partial charge in [0, 0.05) is 24.0 Å². The maximum atomic E-state index is 12.2. The Hall–Kier alpha value is -2.38. The zero-order chi connectivity index (χ0) is 17.4. The second-order valence-corrected chi connectivity index (χ2v) is 5.75. The Kier molecular flexibility index (Phi) is 6.77. The molecule has 1 aliphatic heterocycles. The quantitative estimate of drug-likeness (QED) is 0.494. The molecule has 5 N–H and O–H groups in total. The first-order valence-electron chi connectivity index (χ1n) is 8.20. The fourth-order valence-electron chi connectivity index (χ4n) is 2.54. The predicted molar refractivity (Wildman–Crippen MR) is 95.7 cm³/mol. The largest absolute Gasteiger partial charge is 0.334 e. The third-order valence-corrected chi connectivity index (χ3v) is 3.75. The van der Waals surface area contributed by atoms with Gasteiger partial charge in [-0.2, -0.15) is 0 Å². The SMILES string of the molecule is C=CCNC(=O)Nc1ccc(NC(=O)C2CC(CCC)NN2)cc1. The Morgan fingerprint density at radius 2 is 1.88 bits per heavy atom. The van der Waals surface area contributed by atoms with Crippen LogP contribution in [0.4, 0.5) is 16.2 Å². The molecule has 3 amide bonds. The van der Waals surface area contributed by atoms with E-state index >= 15 is 0 Å². The van der Waals surface area contributed by atoms with E-state index in [2.05, 4.69) is 40.3 Å². The van der Waals surface area contributed by atoms with Crippen LogP contribution in [-0.2, 0) is 4.79 Å². The molecule has 7 heteroatoms. The predicted octanol–water partition coefficient (Wildman–Crippen LogP) is 1.97. The molecule has 1 aromatic carbocycles. The topological polar surface area (TPSA) is 94.3 Å². The highest BCUT2D eigenvalue weighted by Gasteiger charge is 2.28. The van der Waals surface area contributed by atoms with Crippen LogP contribution in [-0.4, -0.2) is 30.6 Å². The Morgan fingerprint density at radius 3 is 2.50 bits per heavy atom. The third-order valence-electron chi connectivity index (χ3n) is 3.75. The zero-order valence-electron chi connectivity index (χ0n) is 13.9. The maximum Gasteiger partial charge on any atom is 0.319 e. The summed E-state index contributed by atoms with van der Waals surface area (Å²) in [5.74, 6) is -0.0643. The normalized spacial score (nSPS) is 19.5. The first-order valence-corrected chi connectivity index (χ1v) is 8.20. The monoisotopic (exact) mass is 331 g/mol. The van der Waals surface area contributed by atoms with Crippen molar-refractivity contribution in [2.75, 3.05) is 17.2 Å². The summed E-state index contributed by atoms with van der Waals surface area (Å²) in [5.41, 5.74) is 7.53. The molecule has 0 saturated carbocycles. The lowest BCUT2D eigenvalue weighted by Gasteiger charge is -2.11. The summed E-state index contributed by atoms with van der Waals surface area (Å²) in [6.07, 6.45) is 4.52. The summed E-state index contributed by atoms with van der Waals surface area (Å²) >= 11 is 0. The summed E-state index contributed by atoms with van der Waals surface area (Å²) < 4.78 is 0. The second kappa shape index (κ2) is 9.05. The van der Waals surface area contributed by atoms with E-state index in [1.165, 1.54) is 0 Å². The van der Waals surface area contributed by atoms with Crippen LogP contribution in [0.1, 0.15) is 26.2 Å². The van der Waals surface area contributed by atoms with E-state index in [1.807, 2.05) is 0 Å². The summed E-state index contributed by atoms with van der Waals surface area (Å²) in [6, 6.07) is 6.80. The standard InChI is InChI=1S/C17H25N5O2/c1-3-5-14-11-15(22-21-14)16(23)19-12-6-8-13(9-7-12)20-17(24)18-10-4-2/h4,6-9,14-15,21-22H,2-3,5,10-11H2,1H3,(H,19,23)(H2,18,20,24). The summed E-state index contributed by atoms with van der Waals surface area (Å²) in [5, 5.41) is 8.20. The van der Waals surface area contributed by atoms with E-state index < -0.39 is 0 Å². The van der Waals surface area contributed by atoms with Crippen molar-refractivity contribution >= 4 is 23.3 Å². The van der Waals surface area contributed by atoms with Crippen molar-refractivity contribution in [1.29, 1.82) is 0 Å². The van der Waals surface area contributed by atoms with Gasteiger partial charge >= 0.3 is 6.03 Å². The highest BCUT2D eigenvalue weighted by molar-refractivity contribution is 5.95. The van der Waals surface area contributed by atoms with Gasteiger partial charge in [0.15, 0.2) is 0 Å². The Bertz CT molecular complexity index is 573. The molecule has 1 aromatic rings. The lowest BCUT2D eigenvalue weighted by Crippen LogP contribution is -2.40. The van der Waals surface area contributed by atoms with Crippen molar-refractivity contribution < 1.29 is 9.59 Å². The maximum absolute atomic E-state index is 12.2. The molecule has 2 rings (SSSR count). The van der Waals surface area contributed by atoms with Crippen molar-refractivity contribution in [3.05, 3.63) is 36.9 Å². The summed E-state index contributed by atoms with van der Waals surface area (Å²) in [4.78, 5) is 23.8. The lowest BCUT2D eigenvalue weighted by atomic mass is 10.1. The number of anilines is 2. The molecule has 1 fully saturated rings. The molecule has 2 atom stereocenters. The zero-order valence-corrected chi connectivity index (χ0v) is 13.9. The molecule has 2 unspecified atom stereocenters. The number of hydrazine groups is 1. The molecule has 0 radical (unpaired) electrons. The van der Waals surface area contributed by atoms with E-state index in [1.54, 1.807) is 30.3 Å². The van der Waals surface area contributed by atoms with Crippen LogP contribution in [0.25, 0.3) is 0 Å². The van der Waals surface area contributed by atoms with Gasteiger partial charge in [0.1, 0.15) is 6.04 Å². The van der Waals surface area contributed by atoms with Crippen LogP contribution < -0.4 is 26.8 Å². The molecule has 24 heavy (non-hydrogen) atoms. The Morgan fingerprint density at radius 1 is 1.21 bits per heavy atom. The van der Waals surface area contributed by atoms with Crippen molar-refractivity contribution in [3.8, 4) is 0 Å². The highest BCUT2D eigenvalue weighted by atomic mass is 16.2. The number of hydrogen-bond donors (Lipinski definition) is 5. The molecule has 0 bridgehead atoms. The van der Waals surface area contributed by atoms with Gasteiger partial charge in [0.05, 0.1) is 0 Å². The van der Waals surface area contributed by atoms with Crippen molar-refractivity contribution in [1.82, 2.24) is 16.2 Å². The Balaban J connectivity index is 1.82. The second-order valence-electron chi connectivity index (χ2n) is 5.75. The summed E-state index contributed by atoms with van der Waals surface area (Å²) in [7, 11) is 0. The number of amides is 3. The highest BCUT2D eigenvalue weighted by Crippen LogP contribution is 2.16. The molecule has 0 aromatic heterocycles. The average Bonchev–Trinajstić information content (AvgIpc) is 3.04. The van der Waals surface area contributed by atoms with E-state index in [0.29, 0.717) is 24.0 Å². The first-order chi connectivity index (χ1) is 11.6. The van der Waals surface area contributed by atoms with E-state index in [-0.39, 0.29) is 18.0 Å². The molecule has 130 valence electrons. The number of benzene rings is 1. The van der Waals surface area contributed by atoms with Crippen LogP contribution in [0.15, 0.2) is 36.9 Å². The lowest BCUT2D eigenvalue weighted by molar-refractivity contribution is -0.117. The molecule has 1 aliphatic rings. The molecule has 1 heterocycles. The number of hydrogen-bond acceptors (Lipinski definition) is 4. The van der Waals surface area contributed by atoms with Gasteiger partial charge in [-0.05, 0) is 37.1 Å². The van der Waals surface area contributed by atoms with Crippen LogP contribution in [0, 0.1) is 0 Å².